The molecule has 1 fully saturated rings. The first-order valence-electron chi connectivity index (χ1n) is 11.3. The second kappa shape index (κ2) is 9.95. The van der Waals surface area contributed by atoms with Crippen LogP contribution in [0.1, 0.15) is 13.8 Å². The van der Waals surface area contributed by atoms with Gasteiger partial charge >= 0.3 is 0 Å². The first-order valence-corrected chi connectivity index (χ1v) is 12.7. The van der Waals surface area contributed by atoms with E-state index in [4.69, 9.17) is 9.47 Å². The number of piperazine rings is 1. The third-order valence-electron chi connectivity index (χ3n) is 5.92. The van der Waals surface area contributed by atoms with E-state index in [9.17, 15) is 8.42 Å². The van der Waals surface area contributed by atoms with Gasteiger partial charge in [0.1, 0.15) is 11.5 Å². The van der Waals surface area contributed by atoms with Crippen molar-refractivity contribution in [3.63, 3.8) is 0 Å². The van der Waals surface area contributed by atoms with Gasteiger partial charge in [-0.05, 0) is 67.4 Å². The van der Waals surface area contributed by atoms with Crippen LogP contribution in [0.15, 0.2) is 71.6 Å². The quantitative estimate of drug-likeness (QED) is 0.522. The Hall–Kier alpha value is -3.23. The minimum atomic E-state index is -3.81. The Labute approximate surface area is 201 Å². The number of benzene rings is 3. The Morgan fingerprint density at radius 1 is 0.882 bits per heavy atom. The summed E-state index contributed by atoms with van der Waals surface area (Å²) in [6, 6.07) is 20.7. The molecule has 3 aromatic carbocycles. The Morgan fingerprint density at radius 2 is 1.59 bits per heavy atom. The predicted octanol–water partition coefficient (Wildman–Crippen LogP) is 4.36. The summed E-state index contributed by atoms with van der Waals surface area (Å²) in [5.74, 6) is 1.22. The van der Waals surface area contributed by atoms with E-state index in [1.54, 1.807) is 37.4 Å². The molecule has 0 radical (unpaired) electrons. The van der Waals surface area contributed by atoms with Gasteiger partial charge in [-0.2, -0.15) is 0 Å². The number of nitrogens with zero attached hydrogens (tertiary/aromatic N) is 1. The Bertz CT molecular complexity index is 1240. The molecule has 0 spiro atoms. The number of ether oxygens (including phenoxy) is 2. The van der Waals surface area contributed by atoms with Gasteiger partial charge < -0.3 is 19.7 Å². The van der Waals surface area contributed by atoms with Gasteiger partial charge in [-0.25, -0.2) is 8.42 Å². The van der Waals surface area contributed by atoms with Crippen LogP contribution in [-0.2, 0) is 10.0 Å². The molecule has 1 heterocycles. The Kier molecular flexibility index (Phi) is 7.00. The molecule has 4 rings (SSSR count). The smallest absolute Gasteiger partial charge is 0.262 e. The molecule has 180 valence electrons. The van der Waals surface area contributed by atoms with Crippen molar-refractivity contribution < 1.29 is 17.9 Å². The van der Waals surface area contributed by atoms with Crippen LogP contribution in [0.25, 0.3) is 11.1 Å². The summed E-state index contributed by atoms with van der Waals surface area (Å²) in [6.07, 6.45) is 0. The van der Waals surface area contributed by atoms with Gasteiger partial charge in [-0.1, -0.05) is 24.3 Å². The van der Waals surface area contributed by atoms with Gasteiger partial charge in [0.15, 0.2) is 0 Å². The summed E-state index contributed by atoms with van der Waals surface area (Å²) in [5.41, 5.74) is 3.22. The van der Waals surface area contributed by atoms with Crippen molar-refractivity contribution in [2.45, 2.75) is 30.8 Å². The number of rotatable bonds is 7. The zero-order valence-electron chi connectivity index (χ0n) is 19.9. The molecular weight excluding hydrogens is 450 g/mol. The summed E-state index contributed by atoms with van der Waals surface area (Å²) in [4.78, 5) is 2.43. The zero-order chi connectivity index (χ0) is 24.3. The first kappa shape index (κ1) is 23.9. The van der Waals surface area contributed by atoms with Crippen LogP contribution in [0.4, 0.5) is 11.4 Å². The van der Waals surface area contributed by atoms with Crippen LogP contribution in [-0.4, -0.2) is 47.8 Å². The van der Waals surface area contributed by atoms with Crippen molar-refractivity contribution in [3.8, 4) is 22.6 Å². The minimum Gasteiger partial charge on any atom is -0.497 e. The average Bonchev–Trinajstić information content (AvgIpc) is 2.83. The summed E-state index contributed by atoms with van der Waals surface area (Å²) in [6.45, 7) is 5.97. The topological polar surface area (TPSA) is 79.9 Å². The van der Waals surface area contributed by atoms with Gasteiger partial charge in [0.25, 0.3) is 10.0 Å². The molecule has 0 saturated carbocycles. The molecule has 0 bridgehead atoms. The molecular formula is C26H31N3O4S. The lowest BCUT2D eigenvalue weighted by molar-refractivity contribution is 0.406. The number of methoxy groups -OCH3 is 2. The largest absolute Gasteiger partial charge is 0.497 e. The molecule has 34 heavy (non-hydrogen) atoms. The van der Waals surface area contributed by atoms with E-state index < -0.39 is 10.0 Å². The van der Waals surface area contributed by atoms with E-state index in [1.165, 1.54) is 7.11 Å². The lowest BCUT2D eigenvalue weighted by Gasteiger charge is -2.38. The number of nitrogens with one attached hydrogen (secondary N) is 2. The fraction of sp³-hybridized carbons (Fsp3) is 0.308. The Morgan fingerprint density at radius 3 is 2.24 bits per heavy atom. The summed E-state index contributed by atoms with van der Waals surface area (Å²) in [7, 11) is -0.662. The van der Waals surface area contributed by atoms with Crippen molar-refractivity contribution >= 4 is 21.4 Å². The fourth-order valence-corrected chi connectivity index (χ4v) is 5.40. The van der Waals surface area contributed by atoms with E-state index in [2.05, 4.69) is 28.8 Å². The van der Waals surface area contributed by atoms with Gasteiger partial charge in [0.2, 0.25) is 0 Å². The average molecular weight is 482 g/mol. The van der Waals surface area contributed by atoms with Crippen molar-refractivity contribution in [1.29, 1.82) is 0 Å². The van der Waals surface area contributed by atoms with Crippen LogP contribution in [0.2, 0.25) is 0 Å². The van der Waals surface area contributed by atoms with Crippen LogP contribution in [0, 0.1) is 0 Å². The lowest BCUT2D eigenvalue weighted by atomic mass is 10.1. The molecule has 0 amide bonds. The van der Waals surface area contributed by atoms with Crippen molar-refractivity contribution in [3.05, 3.63) is 66.7 Å². The summed E-state index contributed by atoms with van der Waals surface area (Å²) < 4.78 is 39.8. The van der Waals surface area contributed by atoms with Crippen molar-refractivity contribution in [2.75, 3.05) is 36.9 Å². The normalized spacial score (nSPS) is 18.4. The summed E-state index contributed by atoms with van der Waals surface area (Å²) in [5, 5.41) is 3.51. The maximum absolute atomic E-state index is 13.2. The van der Waals surface area contributed by atoms with Gasteiger partial charge in [0.05, 0.1) is 24.8 Å². The van der Waals surface area contributed by atoms with Crippen LogP contribution < -0.4 is 24.4 Å². The van der Waals surface area contributed by atoms with Gasteiger partial charge in [-0.15, -0.1) is 0 Å². The van der Waals surface area contributed by atoms with E-state index in [1.807, 2.05) is 36.4 Å². The SMILES string of the molecule is COc1cccc(-c2ccc(S(=O)(=O)Nc3cc(N4C[C@@H](C)N[C@@H](C)C4)ccc3OC)cc2)c1. The highest BCUT2D eigenvalue weighted by atomic mass is 32.2. The van der Waals surface area contributed by atoms with E-state index in [0.717, 1.165) is 35.7 Å². The molecule has 1 aliphatic heterocycles. The van der Waals surface area contributed by atoms with Crippen LogP contribution in [0.5, 0.6) is 11.5 Å². The van der Waals surface area contributed by atoms with E-state index >= 15 is 0 Å². The lowest BCUT2D eigenvalue weighted by Crippen LogP contribution is -2.54. The van der Waals surface area contributed by atoms with E-state index in [0.29, 0.717) is 23.5 Å². The number of hydrogen-bond donors (Lipinski definition) is 2. The summed E-state index contributed by atoms with van der Waals surface area (Å²) >= 11 is 0. The Balaban J connectivity index is 1.58. The third kappa shape index (κ3) is 5.29. The van der Waals surface area contributed by atoms with E-state index in [-0.39, 0.29) is 4.90 Å². The second-order valence-corrected chi connectivity index (χ2v) is 10.3. The highest BCUT2D eigenvalue weighted by Gasteiger charge is 2.23. The van der Waals surface area contributed by atoms with Crippen molar-refractivity contribution in [2.24, 2.45) is 0 Å². The molecule has 1 saturated heterocycles. The monoisotopic (exact) mass is 481 g/mol. The highest BCUT2D eigenvalue weighted by Crippen LogP contribution is 2.33. The molecule has 0 aliphatic carbocycles. The van der Waals surface area contributed by atoms with Gasteiger partial charge in [0, 0.05) is 30.9 Å². The highest BCUT2D eigenvalue weighted by molar-refractivity contribution is 7.92. The standard InChI is InChI=1S/C26H31N3O4S/c1-18-16-29(17-19(2)27-18)22-10-13-26(33-4)25(15-22)28-34(30,31)24-11-8-20(9-12-24)21-6-5-7-23(14-21)32-3/h5-15,18-19,27-28H,16-17H2,1-4H3/t18-,19+. The molecule has 3 aromatic rings. The van der Waals surface area contributed by atoms with Crippen LogP contribution in [0.3, 0.4) is 0 Å². The molecule has 0 aromatic heterocycles. The predicted molar refractivity (Wildman–Crippen MR) is 137 cm³/mol. The maximum atomic E-state index is 13.2. The molecule has 7 nitrogen and oxygen atoms in total. The van der Waals surface area contributed by atoms with Gasteiger partial charge in [-0.3, -0.25) is 4.72 Å². The molecule has 2 N–H and O–H groups in total. The molecule has 8 heteroatoms. The minimum absolute atomic E-state index is 0.177. The number of hydrogen-bond acceptors (Lipinski definition) is 6. The van der Waals surface area contributed by atoms with Crippen LogP contribution >= 0.6 is 0 Å². The second-order valence-electron chi connectivity index (χ2n) is 8.62. The zero-order valence-corrected chi connectivity index (χ0v) is 20.7. The first-order chi connectivity index (χ1) is 16.3. The maximum Gasteiger partial charge on any atom is 0.262 e. The third-order valence-corrected chi connectivity index (χ3v) is 7.30. The number of anilines is 2. The molecule has 2 atom stereocenters. The molecule has 1 aliphatic rings. The molecule has 0 unspecified atom stereocenters. The number of sulfonamides is 1. The fourth-order valence-electron chi connectivity index (χ4n) is 4.34. The van der Waals surface area contributed by atoms with Crippen molar-refractivity contribution in [1.82, 2.24) is 5.32 Å².